The summed E-state index contributed by atoms with van der Waals surface area (Å²) < 4.78 is 22.6. The summed E-state index contributed by atoms with van der Waals surface area (Å²) in [5.74, 6) is 1.64. The molecule has 1 saturated heterocycles. The van der Waals surface area contributed by atoms with Gasteiger partial charge in [0, 0.05) is 57.6 Å². The molecule has 10 heteroatoms. The fourth-order valence-corrected chi connectivity index (χ4v) is 5.07. The van der Waals surface area contributed by atoms with E-state index in [2.05, 4.69) is 60.0 Å². The largest absolute Gasteiger partial charge is 0.457 e. The number of rotatable bonds is 8. The number of amides is 1. The van der Waals surface area contributed by atoms with Crippen LogP contribution in [0.3, 0.4) is 0 Å². The molecule has 2 aromatic heterocycles. The number of ether oxygens (including phenoxy) is 1. The first-order valence-corrected chi connectivity index (χ1v) is 14.4. The minimum Gasteiger partial charge on any atom is -0.457 e. The highest BCUT2D eigenvalue weighted by molar-refractivity contribution is 5.91. The lowest BCUT2D eigenvalue weighted by atomic mass is 9.87. The van der Waals surface area contributed by atoms with E-state index in [9.17, 15) is 9.18 Å². The van der Waals surface area contributed by atoms with Crippen molar-refractivity contribution < 1.29 is 13.9 Å². The van der Waals surface area contributed by atoms with Crippen LogP contribution in [0.2, 0.25) is 0 Å². The van der Waals surface area contributed by atoms with Crippen molar-refractivity contribution >= 4 is 34.4 Å². The van der Waals surface area contributed by atoms with Crippen molar-refractivity contribution in [3.05, 3.63) is 66.1 Å². The maximum Gasteiger partial charge on any atom is 0.239 e. The molecule has 0 bridgehead atoms. The van der Waals surface area contributed by atoms with Crippen molar-refractivity contribution in [2.75, 3.05) is 43.4 Å². The van der Waals surface area contributed by atoms with Crippen LogP contribution >= 0.6 is 0 Å². The Kier molecular flexibility index (Phi) is 8.47. The summed E-state index contributed by atoms with van der Waals surface area (Å²) in [4.78, 5) is 26.2. The summed E-state index contributed by atoms with van der Waals surface area (Å²) in [6.45, 7) is 14.7. The second kappa shape index (κ2) is 12.1. The highest BCUT2D eigenvalue weighted by atomic mass is 19.1. The number of hydrogen-bond donors (Lipinski definition) is 2. The van der Waals surface area contributed by atoms with Gasteiger partial charge in [-0.15, -0.1) is 0 Å². The molecule has 9 nitrogen and oxygen atoms in total. The minimum absolute atomic E-state index is 0.0999. The molecule has 1 aliphatic rings. The van der Waals surface area contributed by atoms with E-state index in [1.165, 1.54) is 6.07 Å². The van der Waals surface area contributed by atoms with Gasteiger partial charge in [-0.2, -0.15) is 0 Å². The van der Waals surface area contributed by atoms with Crippen molar-refractivity contribution in [3.63, 3.8) is 0 Å². The van der Waals surface area contributed by atoms with Crippen LogP contribution in [0, 0.1) is 5.82 Å². The molecule has 2 N–H and O–H groups in total. The maximum atomic E-state index is 14.7. The smallest absolute Gasteiger partial charge is 0.239 e. The van der Waals surface area contributed by atoms with Crippen LogP contribution in [-0.2, 0) is 17.3 Å². The number of halogens is 1. The van der Waals surface area contributed by atoms with E-state index in [4.69, 9.17) is 9.72 Å². The average Bonchev–Trinajstić information content (AvgIpc) is 3.23. The minimum atomic E-state index is -0.339. The third-order valence-corrected chi connectivity index (χ3v) is 7.67. The molecule has 4 aromatic rings. The van der Waals surface area contributed by atoms with Gasteiger partial charge in [-0.25, -0.2) is 14.4 Å². The lowest BCUT2D eigenvalue weighted by Gasteiger charge is -2.36. The van der Waals surface area contributed by atoms with E-state index in [0.717, 1.165) is 37.3 Å². The Morgan fingerprint density at radius 1 is 1.02 bits per heavy atom. The Morgan fingerprint density at radius 2 is 1.76 bits per heavy atom. The first-order chi connectivity index (χ1) is 20.0. The number of imidazole rings is 1. The Balaban J connectivity index is 1.24. The maximum absolute atomic E-state index is 14.7. The molecule has 42 heavy (non-hydrogen) atoms. The lowest BCUT2D eigenvalue weighted by molar-refractivity contribution is -0.117. The fraction of sp³-hybridized carbons (Fsp3) is 0.406. The summed E-state index contributed by atoms with van der Waals surface area (Å²) in [5.41, 5.74) is 2.86. The number of carbonyl (C=O) groups is 1. The van der Waals surface area contributed by atoms with Gasteiger partial charge >= 0.3 is 0 Å². The molecule has 5 rings (SSSR count). The summed E-state index contributed by atoms with van der Waals surface area (Å²) in [6, 6.07) is 14.7. The summed E-state index contributed by atoms with van der Waals surface area (Å²) in [6.07, 6.45) is 1.61. The van der Waals surface area contributed by atoms with Crippen LogP contribution in [0.5, 0.6) is 11.5 Å². The predicted octanol–water partition coefficient (Wildman–Crippen LogP) is 5.91. The van der Waals surface area contributed by atoms with Gasteiger partial charge in [-0.1, -0.05) is 26.8 Å². The van der Waals surface area contributed by atoms with Crippen LogP contribution < -0.4 is 15.4 Å². The molecule has 1 amide bonds. The fourth-order valence-electron chi connectivity index (χ4n) is 5.07. The molecule has 222 valence electrons. The van der Waals surface area contributed by atoms with Gasteiger partial charge in [-0.3, -0.25) is 14.6 Å². The first-order valence-electron chi connectivity index (χ1n) is 14.4. The molecular weight excluding hydrogens is 533 g/mol. The normalized spacial score (nSPS) is 14.9. The Bertz CT molecular complexity index is 1570. The number of benzene rings is 2. The molecule has 0 unspecified atom stereocenters. The molecule has 2 aromatic carbocycles. The topological polar surface area (TPSA) is 87.5 Å². The molecule has 1 aliphatic heterocycles. The molecule has 0 saturated carbocycles. The number of hydrogen-bond acceptors (Lipinski definition) is 7. The molecule has 0 aliphatic carbocycles. The third kappa shape index (κ3) is 6.88. The van der Waals surface area contributed by atoms with Crippen molar-refractivity contribution in [2.45, 2.75) is 46.1 Å². The molecule has 0 atom stereocenters. The van der Waals surface area contributed by atoms with E-state index in [1.54, 1.807) is 18.3 Å². The van der Waals surface area contributed by atoms with Crippen LogP contribution in [0.15, 0.2) is 54.7 Å². The van der Waals surface area contributed by atoms with E-state index >= 15 is 0 Å². The number of fused-ring (bicyclic) bond motifs is 1. The van der Waals surface area contributed by atoms with Gasteiger partial charge < -0.3 is 19.9 Å². The zero-order chi connectivity index (χ0) is 30.0. The van der Waals surface area contributed by atoms with Gasteiger partial charge in [0.05, 0.1) is 23.3 Å². The van der Waals surface area contributed by atoms with Gasteiger partial charge in [0.15, 0.2) is 0 Å². The number of aromatic nitrogens is 3. The number of nitrogens with zero attached hydrogens (tertiary/aromatic N) is 5. The molecule has 3 heterocycles. The van der Waals surface area contributed by atoms with Crippen molar-refractivity contribution in [1.29, 1.82) is 0 Å². The Labute approximate surface area is 246 Å². The summed E-state index contributed by atoms with van der Waals surface area (Å²) in [5, 5.41) is 6.05. The van der Waals surface area contributed by atoms with Crippen molar-refractivity contribution in [2.24, 2.45) is 7.05 Å². The zero-order valence-corrected chi connectivity index (χ0v) is 25.2. The molecular formula is C32H40FN7O2. The number of carbonyl (C=O) groups excluding carboxylic acids is 1. The van der Waals surface area contributed by atoms with Gasteiger partial charge in [0.2, 0.25) is 11.9 Å². The number of anilines is 3. The highest BCUT2D eigenvalue weighted by Crippen LogP contribution is 2.31. The average molecular weight is 574 g/mol. The number of aryl methyl sites for hydroxylation is 1. The van der Waals surface area contributed by atoms with Crippen molar-refractivity contribution in [1.82, 2.24) is 24.3 Å². The van der Waals surface area contributed by atoms with Crippen LogP contribution in [-0.4, -0.2) is 69.0 Å². The first kappa shape index (κ1) is 29.5. The lowest BCUT2D eigenvalue weighted by Crippen LogP contribution is -2.50. The second-order valence-electron chi connectivity index (χ2n) is 12.1. The summed E-state index contributed by atoms with van der Waals surface area (Å²) >= 11 is 0. The van der Waals surface area contributed by atoms with Crippen LogP contribution in [0.4, 0.5) is 21.8 Å². The van der Waals surface area contributed by atoms with Gasteiger partial charge in [0.1, 0.15) is 23.1 Å². The highest BCUT2D eigenvalue weighted by Gasteiger charge is 2.21. The second-order valence-corrected chi connectivity index (χ2v) is 12.1. The quantitative estimate of drug-likeness (QED) is 0.271. The molecule has 0 spiro atoms. The standard InChI is InChI=1S/C32H40FN7O2/c1-21(2)40-15-13-39(14-16-40)20-30(41)37-29-19-24(11-12-34-29)42-23-8-10-28-27(18-23)36-31(38(28)6)35-26-17-22(32(3,4)5)7-9-25(26)33/h7-12,17-19,21H,13-16,20H2,1-6H3,(H,35,36)(H,34,37,41). The molecule has 1 fully saturated rings. The summed E-state index contributed by atoms with van der Waals surface area (Å²) in [7, 11) is 1.88. The van der Waals surface area contributed by atoms with Gasteiger partial charge in [-0.05, 0) is 55.2 Å². The molecule has 0 radical (unpaired) electrons. The number of piperazine rings is 1. The number of nitrogens with one attached hydrogen (secondary N) is 2. The van der Waals surface area contributed by atoms with E-state index in [0.29, 0.717) is 47.1 Å². The van der Waals surface area contributed by atoms with Crippen LogP contribution in [0.25, 0.3) is 11.0 Å². The van der Waals surface area contributed by atoms with E-state index in [1.807, 2.05) is 41.9 Å². The monoisotopic (exact) mass is 573 g/mol. The SMILES string of the molecule is CC(C)N1CCN(CC(=O)Nc2cc(Oc3ccc4c(c3)nc(Nc3cc(C(C)(C)C)ccc3F)n4C)ccn2)CC1. The Hall–Kier alpha value is -4.02. The Morgan fingerprint density at radius 3 is 2.48 bits per heavy atom. The predicted molar refractivity (Wildman–Crippen MR) is 165 cm³/mol. The number of pyridine rings is 1. The van der Waals surface area contributed by atoms with E-state index in [-0.39, 0.29) is 17.1 Å². The third-order valence-electron chi connectivity index (χ3n) is 7.67. The zero-order valence-electron chi connectivity index (χ0n) is 25.2. The van der Waals surface area contributed by atoms with Gasteiger partial charge in [0.25, 0.3) is 0 Å². The van der Waals surface area contributed by atoms with Crippen LogP contribution in [0.1, 0.15) is 40.2 Å². The van der Waals surface area contributed by atoms with Crippen molar-refractivity contribution in [3.8, 4) is 11.5 Å². The van der Waals surface area contributed by atoms with E-state index < -0.39 is 0 Å².